The second-order valence-corrected chi connectivity index (χ2v) is 6.02. The molecule has 1 heterocycles. The number of ether oxygens (including phenoxy) is 3. The van der Waals surface area contributed by atoms with Crippen molar-refractivity contribution in [3.8, 4) is 5.75 Å². The van der Waals surface area contributed by atoms with Gasteiger partial charge in [0.15, 0.2) is 0 Å². The van der Waals surface area contributed by atoms with E-state index in [0.717, 1.165) is 18.4 Å². The average molecular weight is 340 g/mol. The molecule has 2 aromatic rings. The molecule has 2 aromatic carbocycles. The minimum Gasteiger partial charge on any atom is -0.459 e. The molecule has 0 N–H and O–H groups in total. The molecule has 25 heavy (non-hydrogen) atoms. The first kappa shape index (κ1) is 17.2. The number of esters is 2. The maximum atomic E-state index is 12.2. The van der Waals surface area contributed by atoms with E-state index in [2.05, 4.69) is 0 Å². The van der Waals surface area contributed by atoms with Crippen molar-refractivity contribution in [1.82, 2.24) is 0 Å². The van der Waals surface area contributed by atoms with Gasteiger partial charge >= 0.3 is 11.9 Å². The van der Waals surface area contributed by atoms with Crippen molar-refractivity contribution < 1.29 is 23.8 Å². The average Bonchev–Trinajstić information content (AvgIpc) is 3.13. The second-order valence-electron chi connectivity index (χ2n) is 6.02. The Morgan fingerprint density at radius 3 is 2.56 bits per heavy atom. The van der Waals surface area contributed by atoms with Gasteiger partial charge in [-0.1, -0.05) is 23.8 Å². The zero-order chi connectivity index (χ0) is 17.6. The van der Waals surface area contributed by atoms with E-state index in [9.17, 15) is 9.59 Å². The minimum atomic E-state index is -0.464. The number of benzene rings is 2. The van der Waals surface area contributed by atoms with Gasteiger partial charge in [-0.3, -0.25) is 0 Å². The highest BCUT2D eigenvalue weighted by Crippen LogP contribution is 2.18. The number of hydrogen-bond donors (Lipinski definition) is 0. The Bertz CT molecular complexity index is 762. The fourth-order valence-corrected chi connectivity index (χ4v) is 2.65. The van der Waals surface area contributed by atoms with Crippen molar-refractivity contribution in [1.29, 1.82) is 0 Å². The van der Waals surface area contributed by atoms with Crippen LogP contribution in [0.25, 0.3) is 0 Å². The molecule has 1 aliphatic rings. The monoisotopic (exact) mass is 340 g/mol. The van der Waals surface area contributed by atoms with Crippen molar-refractivity contribution in [3.05, 3.63) is 65.2 Å². The van der Waals surface area contributed by atoms with E-state index >= 15 is 0 Å². The molecule has 5 nitrogen and oxygen atoms in total. The summed E-state index contributed by atoms with van der Waals surface area (Å²) >= 11 is 0. The van der Waals surface area contributed by atoms with Gasteiger partial charge in [-0.2, -0.15) is 0 Å². The van der Waals surface area contributed by atoms with Crippen LogP contribution in [0, 0.1) is 6.92 Å². The summed E-state index contributed by atoms with van der Waals surface area (Å²) in [5, 5.41) is 0. The van der Waals surface area contributed by atoms with Crippen molar-refractivity contribution in [2.75, 3.05) is 13.2 Å². The summed E-state index contributed by atoms with van der Waals surface area (Å²) in [5.74, 6) is -0.615. The van der Waals surface area contributed by atoms with Gasteiger partial charge in [-0.15, -0.1) is 0 Å². The Kier molecular flexibility index (Phi) is 5.46. The van der Waals surface area contributed by atoms with Crippen molar-refractivity contribution in [2.45, 2.75) is 25.9 Å². The van der Waals surface area contributed by atoms with Gasteiger partial charge in [0.1, 0.15) is 12.4 Å². The SMILES string of the molecule is Cc1cccc(C(=O)Oc2cccc(C(=O)OCC3CCCO3)c2)c1. The van der Waals surface area contributed by atoms with E-state index in [1.807, 2.05) is 13.0 Å². The predicted molar refractivity (Wildman–Crippen MR) is 91.8 cm³/mol. The molecule has 5 heteroatoms. The van der Waals surface area contributed by atoms with Crippen LogP contribution in [0.3, 0.4) is 0 Å². The largest absolute Gasteiger partial charge is 0.459 e. The van der Waals surface area contributed by atoms with E-state index in [1.165, 1.54) is 6.07 Å². The first-order valence-electron chi connectivity index (χ1n) is 8.29. The predicted octanol–water partition coefficient (Wildman–Crippen LogP) is 3.55. The summed E-state index contributed by atoms with van der Waals surface area (Å²) in [5.41, 5.74) is 1.78. The standard InChI is InChI=1S/C20H20O5/c1-14-5-2-6-15(11-14)20(22)25-17-8-3-7-16(12-17)19(21)24-13-18-9-4-10-23-18/h2-3,5-8,11-12,18H,4,9-10,13H2,1H3. The Morgan fingerprint density at radius 1 is 1.08 bits per heavy atom. The number of carbonyl (C=O) groups excluding carboxylic acids is 2. The maximum absolute atomic E-state index is 12.2. The van der Waals surface area contributed by atoms with Crippen LogP contribution in [0.2, 0.25) is 0 Å². The third kappa shape index (κ3) is 4.67. The zero-order valence-corrected chi connectivity index (χ0v) is 14.1. The van der Waals surface area contributed by atoms with Crippen LogP contribution in [-0.2, 0) is 9.47 Å². The quantitative estimate of drug-likeness (QED) is 0.615. The minimum absolute atomic E-state index is 0.0220. The molecule has 1 saturated heterocycles. The summed E-state index contributed by atoms with van der Waals surface area (Å²) in [7, 11) is 0. The van der Waals surface area contributed by atoms with E-state index in [4.69, 9.17) is 14.2 Å². The third-order valence-electron chi connectivity index (χ3n) is 3.96. The summed E-state index contributed by atoms with van der Waals surface area (Å²) < 4.78 is 16.0. The topological polar surface area (TPSA) is 61.8 Å². The summed E-state index contributed by atoms with van der Waals surface area (Å²) in [6, 6.07) is 13.6. The first-order chi connectivity index (χ1) is 12.1. The van der Waals surface area contributed by atoms with Crippen LogP contribution in [0.4, 0.5) is 0 Å². The highest BCUT2D eigenvalue weighted by atomic mass is 16.6. The fraction of sp³-hybridized carbons (Fsp3) is 0.300. The van der Waals surface area contributed by atoms with Gasteiger partial charge in [0, 0.05) is 6.61 Å². The maximum Gasteiger partial charge on any atom is 0.343 e. The summed E-state index contributed by atoms with van der Waals surface area (Å²) in [6.07, 6.45) is 1.87. The molecule has 1 atom stereocenters. The third-order valence-corrected chi connectivity index (χ3v) is 3.96. The van der Waals surface area contributed by atoms with E-state index < -0.39 is 11.9 Å². The van der Waals surface area contributed by atoms with Gasteiger partial charge in [0.2, 0.25) is 0 Å². The molecule has 0 amide bonds. The van der Waals surface area contributed by atoms with Gasteiger partial charge < -0.3 is 14.2 Å². The lowest BCUT2D eigenvalue weighted by molar-refractivity contribution is 0.0161. The number of aryl methyl sites for hydroxylation is 1. The van der Waals surface area contributed by atoms with Gasteiger partial charge in [0.25, 0.3) is 0 Å². The van der Waals surface area contributed by atoms with Gasteiger partial charge in [-0.05, 0) is 50.1 Å². The van der Waals surface area contributed by atoms with Crippen LogP contribution in [0.15, 0.2) is 48.5 Å². The smallest absolute Gasteiger partial charge is 0.343 e. The molecular weight excluding hydrogens is 320 g/mol. The van der Waals surface area contributed by atoms with Gasteiger partial charge in [-0.25, -0.2) is 9.59 Å². The molecule has 0 saturated carbocycles. The molecule has 130 valence electrons. The van der Waals surface area contributed by atoms with Crippen molar-refractivity contribution in [3.63, 3.8) is 0 Å². The van der Waals surface area contributed by atoms with Crippen LogP contribution >= 0.6 is 0 Å². The van der Waals surface area contributed by atoms with Crippen LogP contribution in [-0.4, -0.2) is 31.3 Å². The lowest BCUT2D eigenvalue weighted by atomic mass is 10.1. The van der Waals surface area contributed by atoms with Crippen molar-refractivity contribution in [2.24, 2.45) is 0 Å². The molecule has 1 aliphatic heterocycles. The number of rotatable bonds is 5. The number of carbonyl (C=O) groups is 2. The highest BCUT2D eigenvalue weighted by Gasteiger charge is 2.18. The van der Waals surface area contributed by atoms with Crippen LogP contribution < -0.4 is 4.74 Å². The Hall–Kier alpha value is -2.66. The second kappa shape index (κ2) is 7.94. The number of hydrogen-bond acceptors (Lipinski definition) is 5. The Labute approximate surface area is 146 Å². The lowest BCUT2D eigenvalue weighted by Crippen LogP contribution is -2.18. The van der Waals surface area contributed by atoms with Crippen LogP contribution in [0.1, 0.15) is 39.1 Å². The molecule has 1 fully saturated rings. The molecule has 3 rings (SSSR count). The van der Waals surface area contributed by atoms with E-state index in [1.54, 1.807) is 36.4 Å². The van der Waals surface area contributed by atoms with E-state index in [-0.39, 0.29) is 12.7 Å². The lowest BCUT2D eigenvalue weighted by Gasteiger charge is -2.11. The molecule has 0 bridgehead atoms. The molecule has 0 aromatic heterocycles. The highest BCUT2D eigenvalue weighted by molar-refractivity contribution is 5.92. The molecule has 0 radical (unpaired) electrons. The summed E-state index contributed by atoms with van der Waals surface area (Å²) in [6.45, 7) is 2.86. The molecule has 1 unspecified atom stereocenters. The van der Waals surface area contributed by atoms with E-state index in [0.29, 0.717) is 23.5 Å². The van der Waals surface area contributed by atoms with Crippen molar-refractivity contribution >= 4 is 11.9 Å². The fourth-order valence-electron chi connectivity index (χ4n) is 2.65. The molecular formula is C20H20O5. The van der Waals surface area contributed by atoms with Crippen LogP contribution in [0.5, 0.6) is 5.75 Å². The Balaban J connectivity index is 1.62. The zero-order valence-electron chi connectivity index (χ0n) is 14.1. The van der Waals surface area contributed by atoms with Gasteiger partial charge in [0.05, 0.1) is 17.2 Å². The Morgan fingerprint density at radius 2 is 1.84 bits per heavy atom. The normalized spacial score (nSPS) is 16.4. The first-order valence-corrected chi connectivity index (χ1v) is 8.29. The molecule has 0 spiro atoms. The molecule has 0 aliphatic carbocycles. The summed E-state index contributed by atoms with van der Waals surface area (Å²) in [4.78, 5) is 24.3.